The van der Waals surface area contributed by atoms with E-state index in [0.717, 1.165) is 4.88 Å². The Labute approximate surface area is 284 Å². The van der Waals surface area contributed by atoms with E-state index in [0.29, 0.717) is 24.3 Å². The van der Waals surface area contributed by atoms with Gasteiger partial charge in [0, 0.05) is 38.9 Å². The molecule has 3 aromatic rings. The first-order chi connectivity index (χ1) is 23.3. The summed E-state index contributed by atoms with van der Waals surface area (Å²) in [5, 5.41) is 7.19. The zero-order valence-corrected chi connectivity index (χ0v) is 27.8. The number of fused-ring (bicyclic) bond motifs is 3. The number of benzene rings is 2. The van der Waals surface area contributed by atoms with Gasteiger partial charge in [-0.3, -0.25) is 14.4 Å². The highest BCUT2D eigenvalue weighted by Crippen LogP contribution is 2.51. The van der Waals surface area contributed by atoms with Crippen molar-refractivity contribution in [3.63, 3.8) is 0 Å². The Bertz CT molecular complexity index is 1840. The summed E-state index contributed by atoms with van der Waals surface area (Å²) in [5.41, 5.74) is 6.86. The fourth-order valence-corrected chi connectivity index (χ4v) is 7.12. The third kappa shape index (κ3) is 6.78. The molecule has 15 heteroatoms. The van der Waals surface area contributed by atoms with Crippen LogP contribution in [-0.2, 0) is 29.7 Å². The Morgan fingerprint density at radius 3 is 2.49 bits per heavy atom. The lowest BCUT2D eigenvalue weighted by Gasteiger charge is -2.25. The Morgan fingerprint density at radius 1 is 1.04 bits per heavy atom. The fourth-order valence-electron chi connectivity index (χ4n) is 6.21. The van der Waals surface area contributed by atoms with Crippen LogP contribution in [0, 0.1) is 0 Å². The second-order valence-corrected chi connectivity index (χ2v) is 13.3. The maximum absolute atomic E-state index is 15.0. The minimum atomic E-state index is -3.18. The van der Waals surface area contributed by atoms with Crippen molar-refractivity contribution in [2.75, 3.05) is 26.3 Å². The Kier molecular flexibility index (Phi) is 9.26. The van der Waals surface area contributed by atoms with E-state index >= 15 is 0 Å². The van der Waals surface area contributed by atoms with Gasteiger partial charge in [0.2, 0.25) is 11.8 Å². The van der Waals surface area contributed by atoms with Crippen molar-refractivity contribution in [1.82, 2.24) is 15.5 Å². The van der Waals surface area contributed by atoms with Crippen molar-refractivity contribution in [3.05, 3.63) is 81.0 Å². The van der Waals surface area contributed by atoms with Gasteiger partial charge < -0.3 is 35.5 Å². The topological polar surface area (TPSA) is 162 Å². The number of nitrogens with one attached hydrogen (secondary N) is 2. The van der Waals surface area contributed by atoms with Crippen LogP contribution in [0.25, 0.3) is 11.1 Å². The van der Waals surface area contributed by atoms with Crippen LogP contribution in [0.3, 0.4) is 0 Å². The molecule has 258 valence electrons. The molecule has 2 aliphatic heterocycles. The molecular formula is C34H35F2N5O7S. The van der Waals surface area contributed by atoms with Crippen LogP contribution >= 0.6 is 11.3 Å². The zero-order chi connectivity index (χ0) is 35.1. The SMILES string of the molecule is CC(C)OC(=O)/N=C(/N)c1csc([C@@H](C)NC(=O)[C@@H]2CC3(CN2C(=O)CNC(=O)c2ccc4c(c2)-c2ccccc2C4(F)F)OCCO3)c1. The number of halogens is 2. The largest absolute Gasteiger partial charge is 0.445 e. The zero-order valence-electron chi connectivity index (χ0n) is 27.0. The van der Waals surface area contributed by atoms with Gasteiger partial charge >= 0.3 is 6.09 Å². The second-order valence-electron chi connectivity index (χ2n) is 12.3. The highest BCUT2D eigenvalue weighted by Gasteiger charge is 2.52. The van der Waals surface area contributed by atoms with Crippen molar-refractivity contribution < 1.29 is 42.2 Å². The number of ether oxygens (including phenoxy) is 3. The summed E-state index contributed by atoms with van der Waals surface area (Å²) >= 11 is 1.30. The van der Waals surface area contributed by atoms with E-state index in [1.54, 1.807) is 44.4 Å². The van der Waals surface area contributed by atoms with Crippen molar-refractivity contribution in [1.29, 1.82) is 0 Å². The van der Waals surface area contributed by atoms with Crippen LogP contribution in [0.15, 0.2) is 58.9 Å². The van der Waals surface area contributed by atoms with Gasteiger partial charge in [0.15, 0.2) is 5.79 Å². The summed E-state index contributed by atoms with van der Waals surface area (Å²) in [7, 11) is 0. The third-order valence-electron chi connectivity index (χ3n) is 8.55. The molecule has 12 nitrogen and oxygen atoms in total. The van der Waals surface area contributed by atoms with Crippen LogP contribution in [0.2, 0.25) is 0 Å². The van der Waals surface area contributed by atoms with Crippen LogP contribution in [-0.4, -0.2) is 78.8 Å². The summed E-state index contributed by atoms with van der Waals surface area (Å²) in [6.07, 6.45) is -1.08. The van der Waals surface area contributed by atoms with Gasteiger partial charge in [-0.1, -0.05) is 30.3 Å². The highest BCUT2D eigenvalue weighted by atomic mass is 32.1. The number of aliphatic imine (C=N–C) groups is 1. The molecule has 0 radical (unpaired) electrons. The molecule has 1 aromatic heterocycles. The molecule has 1 spiro atoms. The van der Waals surface area contributed by atoms with Gasteiger partial charge in [-0.05, 0) is 50.1 Å². The van der Waals surface area contributed by atoms with Gasteiger partial charge in [-0.2, -0.15) is 13.8 Å². The van der Waals surface area contributed by atoms with Gasteiger partial charge in [0.25, 0.3) is 11.8 Å². The van der Waals surface area contributed by atoms with E-state index in [1.807, 2.05) is 0 Å². The normalized spacial score (nSPS) is 19.4. The summed E-state index contributed by atoms with van der Waals surface area (Å²) in [6, 6.07) is 10.3. The number of nitrogens with zero attached hydrogens (tertiary/aromatic N) is 2. The number of carbonyl (C=O) groups is 4. The molecule has 0 bridgehead atoms. The predicted octanol–water partition coefficient (Wildman–Crippen LogP) is 4.07. The lowest BCUT2D eigenvalue weighted by atomic mass is 10.0. The molecule has 4 amide bonds. The van der Waals surface area contributed by atoms with Crippen LogP contribution in [0.4, 0.5) is 13.6 Å². The summed E-state index contributed by atoms with van der Waals surface area (Å²) in [6.45, 7) is 5.27. The Hall–Kier alpha value is -4.73. The van der Waals surface area contributed by atoms with Gasteiger partial charge in [0.05, 0.1) is 38.4 Å². The Morgan fingerprint density at radius 2 is 1.76 bits per heavy atom. The number of amides is 4. The maximum atomic E-state index is 15.0. The molecule has 2 aromatic carbocycles. The molecule has 2 fully saturated rings. The third-order valence-corrected chi connectivity index (χ3v) is 9.67. The smallest absolute Gasteiger partial charge is 0.435 e. The summed E-state index contributed by atoms with van der Waals surface area (Å²) < 4.78 is 46.6. The first kappa shape index (κ1) is 34.1. The molecule has 2 saturated heterocycles. The van der Waals surface area contributed by atoms with Crippen LogP contribution < -0.4 is 16.4 Å². The van der Waals surface area contributed by atoms with Crippen molar-refractivity contribution in [2.45, 2.75) is 57.1 Å². The number of hydrogen-bond acceptors (Lipinski definition) is 8. The van der Waals surface area contributed by atoms with Crippen molar-refractivity contribution in [3.8, 4) is 11.1 Å². The van der Waals surface area contributed by atoms with Gasteiger partial charge in [-0.25, -0.2) is 4.79 Å². The monoisotopic (exact) mass is 695 g/mol. The number of alkyl halides is 2. The first-order valence-electron chi connectivity index (χ1n) is 15.7. The van der Waals surface area contributed by atoms with Crippen molar-refractivity contribution in [2.24, 2.45) is 10.7 Å². The number of carbonyl (C=O) groups excluding carboxylic acids is 4. The number of nitrogens with two attached hydrogens (primary N) is 1. The predicted molar refractivity (Wildman–Crippen MR) is 175 cm³/mol. The number of hydrogen-bond donors (Lipinski definition) is 3. The van der Waals surface area contributed by atoms with Gasteiger partial charge in [-0.15, -0.1) is 11.3 Å². The average molecular weight is 696 g/mol. The van der Waals surface area contributed by atoms with Crippen LogP contribution in [0.1, 0.15) is 65.2 Å². The van der Waals surface area contributed by atoms with Gasteiger partial charge in [0.1, 0.15) is 11.9 Å². The molecule has 2 atom stereocenters. The van der Waals surface area contributed by atoms with E-state index < -0.39 is 54.2 Å². The van der Waals surface area contributed by atoms with E-state index in [4.69, 9.17) is 19.9 Å². The molecule has 6 rings (SSSR count). The molecule has 0 saturated carbocycles. The molecule has 0 unspecified atom stereocenters. The van der Waals surface area contributed by atoms with E-state index in [1.165, 1.54) is 46.6 Å². The molecule has 1 aliphatic carbocycles. The molecule has 3 aliphatic rings. The fraction of sp³-hybridized carbons (Fsp3) is 0.382. The number of rotatable bonds is 8. The lowest BCUT2D eigenvalue weighted by Crippen LogP contribution is -2.49. The molecule has 3 heterocycles. The second kappa shape index (κ2) is 13.3. The number of thiophene rings is 1. The van der Waals surface area contributed by atoms with E-state index in [9.17, 15) is 28.0 Å². The number of likely N-dealkylation sites (tertiary alicyclic amines) is 1. The minimum Gasteiger partial charge on any atom is -0.445 e. The summed E-state index contributed by atoms with van der Waals surface area (Å²) in [5.74, 6) is -6.01. The standard InChI is InChI=1S/C34H35F2N5O7S/c1-18(2)48-32(45)40-29(37)21-13-27(49-16-21)19(3)39-31(44)26-14-33(46-10-11-47-33)17-41(26)28(42)15-38-30(43)20-8-9-25-23(12-20)22-6-4-5-7-24(22)34(25,35)36/h4-9,12-13,16,18-19,26H,10-11,14-15,17H2,1-3H3,(H,38,43)(H,39,44)(H2,37,40,45)/t19-,26+/m1/s1. The number of amidine groups is 1. The Balaban J connectivity index is 1.12. The summed E-state index contributed by atoms with van der Waals surface area (Å²) in [4.78, 5) is 57.9. The van der Waals surface area contributed by atoms with Crippen molar-refractivity contribution >= 4 is 41.0 Å². The lowest BCUT2D eigenvalue weighted by molar-refractivity contribution is -0.152. The maximum Gasteiger partial charge on any atom is 0.435 e. The van der Waals surface area contributed by atoms with E-state index in [-0.39, 0.29) is 47.2 Å². The van der Waals surface area contributed by atoms with Crippen LogP contribution in [0.5, 0.6) is 0 Å². The molecular weight excluding hydrogens is 660 g/mol. The molecule has 4 N–H and O–H groups in total. The minimum absolute atomic E-state index is 0.0263. The quantitative estimate of drug-likeness (QED) is 0.235. The van der Waals surface area contributed by atoms with E-state index in [2.05, 4.69) is 15.6 Å². The average Bonchev–Trinajstić information content (AvgIpc) is 3.86. The highest BCUT2D eigenvalue weighted by molar-refractivity contribution is 7.10. The first-order valence-corrected chi connectivity index (χ1v) is 16.6. The molecule has 49 heavy (non-hydrogen) atoms.